The van der Waals surface area contributed by atoms with Crippen LogP contribution in [-0.2, 0) is 21.4 Å². The molecule has 0 bridgehead atoms. The Kier molecular flexibility index (Phi) is 7.08. The number of rotatable bonds is 8. The summed E-state index contributed by atoms with van der Waals surface area (Å²) in [5.74, 6) is -0.0845. The summed E-state index contributed by atoms with van der Waals surface area (Å²) in [5, 5.41) is 5.40. The number of sulfonamides is 1. The lowest BCUT2D eigenvalue weighted by Crippen LogP contribution is -2.49. The third-order valence-corrected chi connectivity index (χ3v) is 6.39. The first-order valence-corrected chi connectivity index (χ1v) is 12.1. The minimum atomic E-state index is -3.80. The van der Waals surface area contributed by atoms with Gasteiger partial charge in [0.25, 0.3) is 0 Å². The molecular weight excluding hydrogens is 436 g/mol. The zero-order valence-corrected chi connectivity index (χ0v) is 19.2. The molecule has 0 unspecified atom stereocenters. The molecule has 0 saturated heterocycles. The Morgan fingerprint density at radius 1 is 1.10 bits per heavy atom. The zero-order chi connectivity index (χ0) is 22.6. The van der Waals surface area contributed by atoms with Crippen LogP contribution < -0.4 is 14.4 Å². The number of halogens is 1. The van der Waals surface area contributed by atoms with E-state index in [9.17, 15) is 13.2 Å². The Balaban J connectivity index is 1.88. The lowest BCUT2D eigenvalue weighted by molar-refractivity contribution is -0.122. The third-order valence-electron chi connectivity index (χ3n) is 4.99. The van der Waals surface area contributed by atoms with Crippen molar-refractivity contribution in [2.24, 2.45) is 0 Å². The summed E-state index contributed by atoms with van der Waals surface area (Å²) >= 11 is 6.11. The number of nitrogens with one attached hydrogen (secondary N) is 1. The lowest BCUT2D eigenvalue weighted by atomic mass is 10.1. The number of fused-ring (bicyclic) bond motifs is 1. The van der Waals surface area contributed by atoms with Crippen molar-refractivity contribution in [2.75, 3.05) is 17.7 Å². The van der Waals surface area contributed by atoms with E-state index in [1.165, 1.54) is 13.2 Å². The second-order valence-corrected chi connectivity index (χ2v) is 9.49. The summed E-state index contributed by atoms with van der Waals surface area (Å²) < 4.78 is 31.8. The van der Waals surface area contributed by atoms with Gasteiger partial charge in [-0.25, -0.2) is 8.42 Å². The van der Waals surface area contributed by atoms with E-state index in [2.05, 4.69) is 5.32 Å². The fourth-order valence-electron chi connectivity index (χ4n) is 3.53. The highest BCUT2D eigenvalue weighted by atomic mass is 35.5. The van der Waals surface area contributed by atoms with E-state index in [-0.39, 0.29) is 18.7 Å². The maximum absolute atomic E-state index is 13.1. The Bertz CT molecular complexity index is 1200. The third kappa shape index (κ3) is 5.29. The van der Waals surface area contributed by atoms with Gasteiger partial charge < -0.3 is 10.1 Å². The summed E-state index contributed by atoms with van der Waals surface area (Å²) in [6.45, 7) is 2.04. The average molecular weight is 461 g/mol. The summed E-state index contributed by atoms with van der Waals surface area (Å²) in [6.07, 6.45) is 1.33. The van der Waals surface area contributed by atoms with E-state index < -0.39 is 22.0 Å². The van der Waals surface area contributed by atoms with Crippen LogP contribution in [0.2, 0.25) is 5.02 Å². The number of nitrogens with zero attached hydrogens (tertiary/aromatic N) is 1. The summed E-state index contributed by atoms with van der Waals surface area (Å²) in [4.78, 5) is 13.1. The van der Waals surface area contributed by atoms with Gasteiger partial charge in [-0.1, -0.05) is 54.9 Å². The molecule has 0 aliphatic rings. The molecule has 164 valence electrons. The van der Waals surface area contributed by atoms with Crippen LogP contribution in [0.3, 0.4) is 0 Å². The van der Waals surface area contributed by atoms with Crippen molar-refractivity contribution in [1.82, 2.24) is 5.32 Å². The van der Waals surface area contributed by atoms with E-state index in [0.29, 0.717) is 10.8 Å². The van der Waals surface area contributed by atoms with E-state index in [1.807, 2.05) is 42.5 Å². The highest BCUT2D eigenvalue weighted by molar-refractivity contribution is 7.92. The van der Waals surface area contributed by atoms with Crippen molar-refractivity contribution >= 4 is 44.0 Å². The van der Waals surface area contributed by atoms with Crippen LogP contribution in [0.25, 0.3) is 10.8 Å². The molecule has 0 aromatic heterocycles. The van der Waals surface area contributed by atoms with E-state index in [4.69, 9.17) is 16.3 Å². The Hall–Kier alpha value is -2.77. The number of amides is 1. The highest BCUT2D eigenvalue weighted by Crippen LogP contribution is 2.34. The molecule has 0 radical (unpaired) electrons. The summed E-state index contributed by atoms with van der Waals surface area (Å²) in [7, 11) is -2.36. The second-order valence-electron chi connectivity index (χ2n) is 7.20. The van der Waals surface area contributed by atoms with Crippen LogP contribution in [-0.4, -0.2) is 33.7 Å². The first-order chi connectivity index (χ1) is 14.7. The smallest absolute Gasteiger partial charge is 0.244 e. The molecule has 8 heteroatoms. The number of carbonyl (C=O) groups excluding carboxylic acids is 1. The van der Waals surface area contributed by atoms with E-state index in [1.54, 1.807) is 19.1 Å². The average Bonchev–Trinajstić information content (AvgIpc) is 2.74. The maximum Gasteiger partial charge on any atom is 0.244 e. The van der Waals surface area contributed by atoms with Crippen LogP contribution >= 0.6 is 11.6 Å². The molecule has 0 aliphatic carbocycles. The van der Waals surface area contributed by atoms with Crippen LogP contribution in [0.5, 0.6) is 5.75 Å². The fourth-order valence-corrected chi connectivity index (χ4v) is 4.90. The maximum atomic E-state index is 13.1. The molecule has 0 heterocycles. The SMILES string of the molecule is CC[C@H](C(=O)NCc1ccc2ccccc2c1)N(c1cc(Cl)ccc1OC)S(C)(=O)=O. The van der Waals surface area contributed by atoms with Crippen molar-refractivity contribution in [2.45, 2.75) is 25.9 Å². The molecule has 1 N–H and O–H groups in total. The predicted molar refractivity (Wildman–Crippen MR) is 125 cm³/mol. The van der Waals surface area contributed by atoms with E-state index in [0.717, 1.165) is 26.9 Å². The van der Waals surface area contributed by atoms with E-state index >= 15 is 0 Å². The number of benzene rings is 3. The van der Waals surface area contributed by atoms with Crippen molar-refractivity contribution in [3.05, 3.63) is 71.2 Å². The van der Waals surface area contributed by atoms with Crippen LogP contribution in [0.4, 0.5) is 5.69 Å². The number of hydrogen-bond donors (Lipinski definition) is 1. The Labute approximate surface area is 187 Å². The van der Waals surface area contributed by atoms with Crippen molar-refractivity contribution < 1.29 is 17.9 Å². The van der Waals surface area contributed by atoms with Crippen LogP contribution in [0.15, 0.2) is 60.7 Å². The molecule has 0 aliphatic heterocycles. The van der Waals surface area contributed by atoms with Gasteiger partial charge in [-0.2, -0.15) is 0 Å². The van der Waals surface area contributed by atoms with Gasteiger partial charge in [0.2, 0.25) is 15.9 Å². The largest absolute Gasteiger partial charge is 0.495 e. The first kappa shape index (κ1) is 22.9. The molecule has 0 spiro atoms. The van der Waals surface area contributed by atoms with Gasteiger partial charge in [0.1, 0.15) is 11.8 Å². The molecule has 3 aromatic rings. The molecule has 1 amide bonds. The molecule has 0 saturated carbocycles. The zero-order valence-electron chi connectivity index (χ0n) is 17.6. The Morgan fingerprint density at radius 3 is 2.45 bits per heavy atom. The lowest BCUT2D eigenvalue weighted by Gasteiger charge is -2.31. The fraction of sp³-hybridized carbons (Fsp3) is 0.261. The number of methoxy groups -OCH3 is 1. The molecule has 6 nitrogen and oxygen atoms in total. The summed E-state index contributed by atoms with van der Waals surface area (Å²) in [6, 6.07) is 17.6. The van der Waals surface area contributed by atoms with Crippen LogP contribution in [0, 0.1) is 0 Å². The number of hydrogen-bond acceptors (Lipinski definition) is 4. The van der Waals surface area contributed by atoms with Gasteiger partial charge in [-0.05, 0) is 47.0 Å². The molecule has 31 heavy (non-hydrogen) atoms. The minimum Gasteiger partial charge on any atom is -0.495 e. The van der Waals surface area contributed by atoms with Gasteiger partial charge in [0.05, 0.1) is 19.1 Å². The molecule has 3 rings (SSSR count). The predicted octanol–water partition coefficient (Wildman–Crippen LogP) is 4.36. The van der Waals surface area contributed by atoms with Crippen molar-refractivity contribution in [3.8, 4) is 5.75 Å². The molecule has 1 atom stereocenters. The number of anilines is 1. The van der Waals surface area contributed by atoms with Crippen molar-refractivity contribution in [3.63, 3.8) is 0 Å². The quantitative estimate of drug-likeness (QED) is 0.541. The number of carbonyl (C=O) groups is 1. The molecule has 3 aromatic carbocycles. The first-order valence-electron chi connectivity index (χ1n) is 9.83. The van der Waals surface area contributed by atoms with Gasteiger partial charge in [-0.15, -0.1) is 0 Å². The second kappa shape index (κ2) is 9.58. The Morgan fingerprint density at radius 2 is 1.81 bits per heavy atom. The molecule has 0 fully saturated rings. The topological polar surface area (TPSA) is 75.7 Å². The van der Waals surface area contributed by atoms with Gasteiger partial charge >= 0.3 is 0 Å². The minimum absolute atomic E-state index is 0.227. The standard InChI is InChI=1S/C23H25ClN2O4S/c1-4-20(26(31(3,28)29)21-14-19(24)11-12-22(21)30-2)23(27)25-15-16-9-10-17-7-5-6-8-18(17)13-16/h5-14,20H,4,15H2,1-3H3,(H,25,27)/t20-/m1/s1. The van der Waals surface area contributed by atoms with Gasteiger partial charge in [0, 0.05) is 11.6 Å². The summed E-state index contributed by atoms with van der Waals surface area (Å²) in [5.41, 5.74) is 1.15. The molecular formula is C23H25ClN2O4S. The van der Waals surface area contributed by atoms with Crippen LogP contribution in [0.1, 0.15) is 18.9 Å². The monoisotopic (exact) mass is 460 g/mol. The normalized spacial score (nSPS) is 12.4. The van der Waals surface area contributed by atoms with Crippen molar-refractivity contribution in [1.29, 1.82) is 0 Å². The highest BCUT2D eigenvalue weighted by Gasteiger charge is 2.33. The number of ether oxygens (including phenoxy) is 1. The van der Waals surface area contributed by atoms with Gasteiger partial charge in [0.15, 0.2) is 0 Å². The van der Waals surface area contributed by atoms with Gasteiger partial charge in [-0.3, -0.25) is 9.10 Å².